The molecule has 1 aromatic carbocycles. The molecule has 1 fully saturated rings. The number of carbonyl (C=O) groups is 2. The number of carbonyl (C=O) groups excluding carboxylic acids is 2. The summed E-state index contributed by atoms with van der Waals surface area (Å²) >= 11 is 5.84. The molecular weight excluding hydrogens is 292 g/mol. The summed E-state index contributed by atoms with van der Waals surface area (Å²) in [6.45, 7) is -0.0471. The molecule has 0 aromatic heterocycles. The second kappa shape index (κ2) is 6.91. The van der Waals surface area contributed by atoms with E-state index < -0.39 is 6.10 Å². The Morgan fingerprint density at radius 2 is 2.19 bits per heavy atom. The molecule has 21 heavy (non-hydrogen) atoms. The molecular formula is C15H19ClN2O3. The summed E-state index contributed by atoms with van der Waals surface area (Å²) in [6.07, 6.45) is 1.59. The fourth-order valence-electron chi connectivity index (χ4n) is 2.57. The molecule has 0 spiro atoms. The maximum Gasteiger partial charge on any atom is 0.243 e. The Morgan fingerprint density at radius 3 is 2.81 bits per heavy atom. The minimum absolute atomic E-state index is 0.0471. The van der Waals surface area contributed by atoms with E-state index in [1.807, 2.05) is 0 Å². The second-order valence-corrected chi connectivity index (χ2v) is 5.79. The quantitative estimate of drug-likeness (QED) is 0.892. The van der Waals surface area contributed by atoms with Crippen molar-refractivity contribution in [1.82, 2.24) is 4.90 Å². The van der Waals surface area contributed by atoms with Gasteiger partial charge < -0.3 is 15.3 Å². The van der Waals surface area contributed by atoms with Gasteiger partial charge in [-0.2, -0.15) is 0 Å². The van der Waals surface area contributed by atoms with Crippen molar-refractivity contribution in [3.8, 4) is 0 Å². The van der Waals surface area contributed by atoms with Gasteiger partial charge in [-0.15, -0.1) is 0 Å². The molecule has 2 amide bonds. The van der Waals surface area contributed by atoms with E-state index in [2.05, 4.69) is 5.32 Å². The number of anilines is 1. The van der Waals surface area contributed by atoms with Crippen LogP contribution >= 0.6 is 11.6 Å². The average molecular weight is 311 g/mol. The van der Waals surface area contributed by atoms with Crippen molar-refractivity contribution in [3.63, 3.8) is 0 Å². The SMILES string of the molecule is CN(CC(=O)Nc1cccc(Cl)c1)C(=O)C1CCCC1O. The van der Waals surface area contributed by atoms with Crippen LogP contribution in [-0.2, 0) is 9.59 Å². The third-order valence-corrected chi connectivity index (χ3v) is 3.90. The van der Waals surface area contributed by atoms with Crippen LogP contribution in [0.25, 0.3) is 0 Å². The zero-order chi connectivity index (χ0) is 15.4. The molecule has 0 bridgehead atoms. The predicted octanol–water partition coefficient (Wildman–Crippen LogP) is 1.90. The first kappa shape index (κ1) is 15.8. The highest BCUT2D eigenvalue weighted by Gasteiger charge is 2.33. The van der Waals surface area contributed by atoms with E-state index in [1.54, 1.807) is 31.3 Å². The molecule has 1 aromatic rings. The number of halogens is 1. The Morgan fingerprint density at radius 1 is 1.43 bits per heavy atom. The minimum atomic E-state index is -0.587. The largest absolute Gasteiger partial charge is 0.392 e. The third kappa shape index (κ3) is 4.19. The van der Waals surface area contributed by atoms with Crippen LogP contribution in [0, 0.1) is 5.92 Å². The van der Waals surface area contributed by atoms with Gasteiger partial charge in [-0.05, 0) is 37.5 Å². The zero-order valence-electron chi connectivity index (χ0n) is 11.9. The molecule has 0 heterocycles. The summed E-state index contributed by atoms with van der Waals surface area (Å²) in [4.78, 5) is 25.4. The van der Waals surface area contributed by atoms with Gasteiger partial charge in [-0.3, -0.25) is 9.59 Å². The number of nitrogens with one attached hydrogen (secondary N) is 1. The molecule has 6 heteroatoms. The van der Waals surface area contributed by atoms with Crippen molar-refractivity contribution >= 4 is 29.1 Å². The van der Waals surface area contributed by atoms with Crippen molar-refractivity contribution in [2.24, 2.45) is 5.92 Å². The van der Waals surface area contributed by atoms with Crippen LogP contribution in [0.15, 0.2) is 24.3 Å². The normalized spacial score (nSPS) is 21.1. The molecule has 2 rings (SSSR count). The van der Waals surface area contributed by atoms with Crippen LogP contribution in [0.5, 0.6) is 0 Å². The highest BCUT2D eigenvalue weighted by molar-refractivity contribution is 6.30. The van der Waals surface area contributed by atoms with Crippen molar-refractivity contribution in [2.45, 2.75) is 25.4 Å². The highest BCUT2D eigenvalue weighted by atomic mass is 35.5. The molecule has 114 valence electrons. The molecule has 2 N–H and O–H groups in total. The molecule has 1 aliphatic rings. The zero-order valence-corrected chi connectivity index (χ0v) is 12.6. The summed E-state index contributed by atoms with van der Waals surface area (Å²) in [7, 11) is 1.57. The Balaban J connectivity index is 1.88. The lowest BCUT2D eigenvalue weighted by Gasteiger charge is -2.22. The number of rotatable bonds is 4. The summed E-state index contributed by atoms with van der Waals surface area (Å²) < 4.78 is 0. The van der Waals surface area contributed by atoms with Crippen LogP contribution in [-0.4, -0.2) is 41.5 Å². The van der Waals surface area contributed by atoms with Gasteiger partial charge >= 0.3 is 0 Å². The monoisotopic (exact) mass is 310 g/mol. The Kier molecular flexibility index (Phi) is 5.20. The number of benzene rings is 1. The Hall–Kier alpha value is -1.59. The topological polar surface area (TPSA) is 69.6 Å². The number of hydrogen-bond donors (Lipinski definition) is 2. The summed E-state index contributed by atoms with van der Waals surface area (Å²) in [5.41, 5.74) is 0.592. The number of amides is 2. The molecule has 2 unspecified atom stereocenters. The van der Waals surface area contributed by atoms with E-state index in [1.165, 1.54) is 4.90 Å². The van der Waals surface area contributed by atoms with Crippen molar-refractivity contribution in [1.29, 1.82) is 0 Å². The van der Waals surface area contributed by atoms with E-state index in [0.29, 0.717) is 23.6 Å². The van der Waals surface area contributed by atoms with Gasteiger partial charge in [0.1, 0.15) is 0 Å². The van der Waals surface area contributed by atoms with Crippen LogP contribution < -0.4 is 5.32 Å². The third-order valence-electron chi connectivity index (χ3n) is 3.66. The maximum absolute atomic E-state index is 12.2. The highest BCUT2D eigenvalue weighted by Crippen LogP contribution is 2.26. The first-order valence-corrected chi connectivity index (χ1v) is 7.33. The van der Waals surface area contributed by atoms with E-state index in [-0.39, 0.29) is 24.3 Å². The number of aliphatic hydroxyl groups is 1. The van der Waals surface area contributed by atoms with Crippen molar-refractivity contribution in [2.75, 3.05) is 18.9 Å². The van der Waals surface area contributed by atoms with Gasteiger partial charge in [0, 0.05) is 17.8 Å². The van der Waals surface area contributed by atoms with Gasteiger partial charge in [-0.1, -0.05) is 17.7 Å². The minimum Gasteiger partial charge on any atom is -0.392 e. The lowest BCUT2D eigenvalue weighted by Crippen LogP contribution is -2.40. The predicted molar refractivity (Wildman–Crippen MR) is 81.1 cm³/mol. The smallest absolute Gasteiger partial charge is 0.243 e. The number of likely N-dealkylation sites (N-methyl/N-ethyl adjacent to an activating group) is 1. The first-order valence-electron chi connectivity index (χ1n) is 6.96. The Bertz CT molecular complexity index is 535. The standard InChI is InChI=1S/C15H19ClN2O3/c1-18(15(21)12-6-3-7-13(12)19)9-14(20)17-11-5-2-4-10(16)8-11/h2,4-5,8,12-13,19H,3,6-7,9H2,1H3,(H,17,20). The second-order valence-electron chi connectivity index (χ2n) is 5.36. The summed E-state index contributed by atoms with van der Waals surface area (Å²) in [5, 5.41) is 13.0. The van der Waals surface area contributed by atoms with Gasteiger partial charge in [0.25, 0.3) is 0 Å². The van der Waals surface area contributed by atoms with Crippen molar-refractivity contribution < 1.29 is 14.7 Å². The number of hydrogen-bond acceptors (Lipinski definition) is 3. The van der Waals surface area contributed by atoms with Crippen LogP contribution in [0.4, 0.5) is 5.69 Å². The molecule has 0 aliphatic heterocycles. The molecule has 5 nitrogen and oxygen atoms in total. The summed E-state index contributed by atoms with van der Waals surface area (Å²) in [5.74, 6) is -0.851. The van der Waals surface area contributed by atoms with Gasteiger partial charge in [0.15, 0.2) is 0 Å². The fraction of sp³-hybridized carbons (Fsp3) is 0.467. The van der Waals surface area contributed by atoms with E-state index in [0.717, 1.165) is 6.42 Å². The molecule has 1 aliphatic carbocycles. The lowest BCUT2D eigenvalue weighted by molar-refractivity contribution is -0.139. The molecule has 1 saturated carbocycles. The Labute approximate surface area is 128 Å². The van der Waals surface area contributed by atoms with Crippen LogP contribution in [0.3, 0.4) is 0 Å². The van der Waals surface area contributed by atoms with Gasteiger partial charge in [0.05, 0.1) is 18.6 Å². The van der Waals surface area contributed by atoms with Crippen LogP contribution in [0.2, 0.25) is 5.02 Å². The number of nitrogens with zero attached hydrogens (tertiary/aromatic N) is 1. The maximum atomic E-state index is 12.2. The van der Waals surface area contributed by atoms with Gasteiger partial charge in [-0.25, -0.2) is 0 Å². The van der Waals surface area contributed by atoms with E-state index in [4.69, 9.17) is 11.6 Å². The molecule has 0 saturated heterocycles. The van der Waals surface area contributed by atoms with Crippen molar-refractivity contribution in [3.05, 3.63) is 29.3 Å². The lowest BCUT2D eigenvalue weighted by atomic mass is 10.0. The van der Waals surface area contributed by atoms with Crippen LogP contribution in [0.1, 0.15) is 19.3 Å². The van der Waals surface area contributed by atoms with Gasteiger partial charge in [0.2, 0.25) is 11.8 Å². The molecule has 0 radical (unpaired) electrons. The average Bonchev–Trinajstić information content (AvgIpc) is 2.83. The summed E-state index contributed by atoms with van der Waals surface area (Å²) in [6, 6.07) is 6.82. The fourth-order valence-corrected chi connectivity index (χ4v) is 2.76. The van der Waals surface area contributed by atoms with E-state index in [9.17, 15) is 14.7 Å². The van der Waals surface area contributed by atoms with E-state index >= 15 is 0 Å². The first-order chi connectivity index (χ1) is 9.97. The number of aliphatic hydroxyl groups excluding tert-OH is 1. The molecule has 2 atom stereocenters.